The number of nitrogens with zero attached hydrogens (tertiary/aromatic N) is 7. The zero-order valence-electron chi connectivity index (χ0n) is 14.4. The molecule has 2 heterocycles. The van der Waals surface area contributed by atoms with Crippen molar-refractivity contribution in [3.05, 3.63) is 70.2 Å². The first-order valence-corrected chi connectivity index (χ1v) is 7.83. The van der Waals surface area contributed by atoms with Crippen molar-refractivity contribution in [3.8, 4) is 6.07 Å². The van der Waals surface area contributed by atoms with Crippen LogP contribution in [-0.4, -0.2) is 14.7 Å². The predicted molar refractivity (Wildman–Crippen MR) is 95.3 cm³/mol. The Hall–Kier alpha value is -4.13. The average Bonchev–Trinajstić information content (AvgIpc) is 2.99. The summed E-state index contributed by atoms with van der Waals surface area (Å²) in [7, 11) is 1.92. The molecule has 2 aromatic heterocycles. The fourth-order valence-electron chi connectivity index (χ4n) is 2.43. The fraction of sp³-hybridized carbons (Fsp3) is 0.118. The molecule has 0 amide bonds. The SMILES string of the molecule is C[n+]1cccc(Cn2ncc(N=Nc3ccc([N+](=O)[O-])cc3C#N)c2N)c1. The number of benzene rings is 1. The summed E-state index contributed by atoms with van der Waals surface area (Å²) in [5.74, 6) is 0.325. The lowest BCUT2D eigenvalue weighted by Crippen LogP contribution is -2.27. The smallest absolute Gasteiger partial charge is 0.270 e. The van der Waals surface area contributed by atoms with Gasteiger partial charge in [0.1, 0.15) is 30.3 Å². The van der Waals surface area contributed by atoms with Gasteiger partial charge in [-0.15, -0.1) is 10.2 Å². The van der Waals surface area contributed by atoms with Gasteiger partial charge in [-0.3, -0.25) is 10.1 Å². The summed E-state index contributed by atoms with van der Waals surface area (Å²) in [6, 6.07) is 9.53. The van der Waals surface area contributed by atoms with E-state index in [0.29, 0.717) is 18.1 Å². The number of azo groups is 1. The lowest BCUT2D eigenvalue weighted by molar-refractivity contribution is -0.671. The molecule has 27 heavy (non-hydrogen) atoms. The van der Waals surface area contributed by atoms with Crippen LogP contribution in [0.25, 0.3) is 0 Å². The van der Waals surface area contributed by atoms with E-state index in [1.807, 2.05) is 42.2 Å². The minimum Gasteiger partial charge on any atom is -0.382 e. The van der Waals surface area contributed by atoms with E-state index in [1.54, 1.807) is 4.68 Å². The summed E-state index contributed by atoms with van der Waals surface area (Å²) in [5.41, 5.74) is 7.51. The molecule has 3 rings (SSSR count). The van der Waals surface area contributed by atoms with Gasteiger partial charge in [-0.2, -0.15) is 10.4 Å². The van der Waals surface area contributed by atoms with Crippen molar-refractivity contribution in [2.24, 2.45) is 17.3 Å². The Bertz CT molecular complexity index is 1080. The van der Waals surface area contributed by atoms with Crippen LogP contribution in [0.2, 0.25) is 0 Å². The molecule has 1 aromatic carbocycles. The first-order chi connectivity index (χ1) is 13.0. The van der Waals surface area contributed by atoms with Crippen molar-refractivity contribution in [1.29, 1.82) is 5.26 Å². The van der Waals surface area contributed by atoms with E-state index in [0.717, 1.165) is 11.6 Å². The number of nitriles is 1. The van der Waals surface area contributed by atoms with Gasteiger partial charge in [-0.05, 0) is 12.1 Å². The molecule has 0 aliphatic heterocycles. The van der Waals surface area contributed by atoms with E-state index in [1.165, 1.54) is 18.3 Å². The number of aromatic nitrogens is 3. The highest BCUT2D eigenvalue weighted by molar-refractivity contribution is 5.60. The number of anilines is 1. The first kappa shape index (κ1) is 17.7. The molecule has 2 N–H and O–H groups in total. The minimum absolute atomic E-state index is 0.0516. The molecule has 0 unspecified atom stereocenters. The van der Waals surface area contributed by atoms with Crippen LogP contribution >= 0.6 is 0 Å². The molecule has 0 fully saturated rings. The Kier molecular flexibility index (Phi) is 4.85. The largest absolute Gasteiger partial charge is 0.382 e. The number of nitro benzene ring substituents is 1. The third-order valence-corrected chi connectivity index (χ3v) is 3.77. The van der Waals surface area contributed by atoms with Gasteiger partial charge in [-0.25, -0.2) is 9.25 Å². The van der Waals surface area contributed by atoms with Gasteiger partial charge in [0.15, 0.2) is 12.4 Å². The summed E-state index contributed by atoms with van der Waals surface area (Å²) in [6.45, 7) is 0.469. The fourth-order valence-corrected chi connectivity index (χ4v) is 2.43. The molecule has 0 aliphatic rings. The maximum absolute atomic E-state index is 10.8. The van der Waals surface area contributed by atoms with Crippen LogP contribution in [0.4, 0.5) is 22.9 Å². The predicted octanol–water partition coefficient (Wildman–Crippen LogP) is 2.53. The van der Waals surface area contributed by atoms with Crippen molar-refractivity contribution in [2.75, 3.05) is 5.73 Å². The Balaban J connectivity index is 1.84. The number of nitrogens with two attached hydrogens (primary N) is 1. The molecule has 10 nitrogen and oxygen atoms in total. The lowest BCUT2D eigenvalue weighted by Gasteiger charge is -2.03. The summed E-state index contributed by atoms with van der Waals surface area (Å²) in [5, 5.41) is 32.2. The van der Waals surface area contributed by atoms with Crippen molar-refractivity contribution in [2.45, 2.75) is 6.54 Å². The Labute approximate surface area is 154 Å². The van der Waals surface area contributed by atoms with Crippen LogP contribution in [0, 0.1) is 21.4 Å². The topological polar surface area (TPSA) is 139 Å². The number of pyridine rings is 1. The first-order valence-electron chi connectivity index (χ1n) is 7.83. The average molecular weight is 363 g/mol. The van der Waals surface area contributed by atoms with Crippen LogP contribution in [0.5, 0.6) is 0 Å². The number of nitro groups is 1. The molecule has 134 valence electrons. The number of nitrogen functional groups attached to an aromatic ring is 1. The molecule has 3 aromatic rings. The van der Waals surface area contributed by atoms with Gasteiger partial charge < -0.3 is 5.73 Å². The zero-order valence-corrected chi connectivity index (χ0v) is 14.4. The molecule has 0 saturated heterocycles. The highest BCUT2D eigenvalue weighted by Crippen LogP contribution is 2.28. The van der Waals surface area contributed by atoms with Gasteiger partial charge >= 0.3 is 0 Å². The number of hydrogen-bond donors (Lipinski definition) is 1. The minimum atomic E-state index is -0.576. The Morgan fingerprint density at radius 2 is 2.15 bits per heavy atom. The highest BCUT2D eigenvalue weighted by Gasteiger charge is 2.12. The summed E-state index contributed by atoms with van der Waals surface area (Å²) in [4.78, 5) is 10.2. The summed E-state index contributed by atoms with van der Waals surface area (Å²) in [6.07, 6.45) is 5.35. The Morgan fingerprint density at radius 1 is 1.37 bits per heavy atom. The lowest BCUT2D eigenvalue weighted by atomic mass is 10.2. The molecule has 0 spiro atoms. The summed E-state index contributed by atoms with van der Waals surface area (Å²) < 4.78 is 3.51. The second-order valence-electron chi connectivity index (χ2n) is 5.72. The molecule has 0 saturated carbocycles. The maximum atomic E-state index is 10.8. The zero-order chi connectivity index (χ0) is 19.4. The number of aryl methyl sites for hydroxylation is 1. The van der Waals surface area contributed by atoms with E-state index in [4.69, 9.17) is 11.0 Å². The van der Waals surface area contributed by atoms with Gasteiger partial charge in [0, 0.05) is 23.8 Å². The quantitative estimate of drug-likeness (QED) is 0.321. The van der Waals surface area contributed by atoms with E-state index >= 15 is 0 Å². The van der Waals surface area contributed by atoms with E-state index in [2.05, 4.69) is 15.3 Å². The molecule has 0 atom stereocenters. The number of hydrogen-bond acceptors (Lipinski definition) is 7. The van der Waals surface area contributed by atoms with Crippen LogP contribution in [0.3, 0.4) is 0 Å². The monoisotopic (exact) mass is 363 g/mol. The third-order valence-electron chi connectivity index (χ3n) is 3.77. The normalized spacial score (nSPS) is 10.8. The second kappa shape index (κ2) is 7.40. The maximum Gasteiger partial charge on any atom is 0.270 e. The third kappa shape index (κ3) is 3.93. The molecule has 10 heteroatoms. The van der Waals surface area contributed by atoms with Crippen molar-refractivity contribution >= 4 is 22.9 Å². The van der Waals surface area contributed by atoms with Crippen molar-refractivity contribution < 1.29 is 9.49 Å². The van der Waals surface area contributed by atoms with Crippen LogP contribution in [0.15, 0.2) is 59.2 Å². The molecular formula is C17H15N8O2+. The molecule has 0 aliphatic carbocycles. The van der Waals surface area contributed by atoms with Crippen LogP contribution in [0.1, 0.15) is 11.1 Å². The standard InChI is InChI=1S/C17H15N8O2/c1-23-6-2-3-12(10-23)11-24-17(19)16(9-20-24)22-21-15-5-4-14(25(26)27)7-13(15)8-18/h2-7,9-10H,11,19H2,1H3/q+1. The highest BCUT2D eigenvalue weighted by atomic mass is 16.6. The molecule has 0 radical (unpaired) electrons. The van der Waals surface area contributed by atoms with Gasteiger partial charge in [0.25, 0.3) is 5.69 Å². The Morgan fingerprint density at radius 3 is 2.85 bits per heavy atom. The van der Waals surface area contributed by atoms with Crippen LogP contribution < -0.4 is 10.3 Å². The van der Waals surface area contributed by atoms with E-state index < -0.39 is 4.92 Å². The van der Waals surface area contributed by atoms with Gasteiger partial charge in [-0.1, -0.05) is 0 Å². The summed E-state index contributed by atoms with van der Waals surface area (Å²) >= 11 is 0. The second-order valence-corrected chi connectivity index (χ2v) is 5.72. The number of non-ortho nitro benzene ring substituents is 1. The molecule has 0 bridgehead atoms. The van der Waals surface area contributed by atoms with E-state index in [-0.39, 0.29) is 16.9 Å². The van der Waals surface area contributed by atoms with Crippen molar-refractivity contribution in [3.63, 3.8) is 0 Å². The van der Waals surface area contributed by atoms with Crippen molar-refractivity contribution in [1.82, 2.24) is 9.78 Å². The van der Waals surface area contributed by atoms with Gasteiger partial charge in [0.05, 0.1) is 23.2 Å². The van der Waals surface area contributed by atoms with Gasteiger partial charge in [0.2, 0.25) is 0 Å². The van der Waals surface area contributed by atoms with Crippen LogP contribution in [-0.2, 0) is 13.6 Å². The number of rotatable bonds is 5. The molecular weight excluding hydrogens is 348 g/mol. The van der Waals surface area contributed by atoms with E-state index in [9.17, 15) is 10.1 Å².